The van der Waals surface area contributed by atoms with Crippen LogP contribution in [0, 0.1) is 11.6 Å². The number of aromatic nitrogens is 2. The molecule has 392 valence electrons. The third-order valence-corrected chi connectivity index (χ3v) is 19.1. The van der Waals surface area contributed by atoms with Crippen molar-refractivity contribution in [3.05, 3.63) is 71.1 Å². The molecule has 4 fully saturated rings. The zero-order chi connectivity index (χ0) is 52.0. The molecule has 0 unspecified atom stereocenters. The van der Waals surface area contributed by atoms with E-state index >= 15 is 8.78 Å². The van der Waals surface area contributed by atoms with Crippen molar-refractivity contribution in [3.8, 4) is 11.1 Å². The first-order valence-corrected chi connectivity index (χ1v) is 28.7. The number of rotatable bonds is 13. The highest BCUT2D eigenvalue weighted by Gasteiger charge is 2.45. The molecule has 6 heterocycles. The molecule has 1 aromatic heterocycles. The van der Waals surface area contributed by atoms with Crippen LogP contribution in [0.25, 0.3) is 22.2 Å². The van der Waals surface area contributed by atoms with Gasteiger partial charge in [-0.15, -0.1) is 0 Å². The Kier molecular flexibility index (Phi) is 14.8. The van der Waals surface area contributed by atoms with Gasteiger partial charge in [0.05, 0.1) is 69.3 Å². The lowest BCUT2D eigenvalue weighted by Gasteiger charge is -2.41. The Morgan fingerprint density at radius 3 is 2.04 bits per heavy atom. The number of nitrogens with one attached hydrogen (secondary N) is 4. The van der Waals surface area contributed by atoms with Crippen LogP contribution in [0.4, 0.5) is 35.4 Å². The van der Waals surface area contributed by atoms with Gasteiger partial charge in [-0.1, -0.05) is 25.2 Å². The van der Waals surface area contributed by atoms with E-state index in [0.29, 0.717) is 86.6 Å². The second-order valence-corrected chi connectivity index (χ2v) is 26.1. The van der Waals surface area contributed by atoms with Crippen molar-refractivity contribution in [2.75, 3.05) is 69.7 Å². The summed E-state index contributed by atoms with van der Waals surface area (Å²) < 4.78 is 55.1. The summed E-state index contributed by atoms with van der Waals surface area (Å²) in [6.45, 7) is 9.83. The number of hydrogen-bond acceptors (Lipinski definition) is 12. The summed E-state index contributed by atoms with van der Waals surface area (Å²) in [6, 6.07) is 10.9. The van der Waals surface area contributed by atoms with E-state index in [1.54, 1.807) is 30.9 Å². The number of alkyl carbamates (subject to hydrolysis) is 2. The van der Waals surface area contributed by atoms with Crippen LogP contribution >= 0.6 is 0 Å². The van der Waals surface area contributed by atoms with E-state index in [1.807, 2.05) is 29.2 Å². The molecule has 4 saturated heterocycles. The molecular formula is C52H67F2N9O9Si. The van der Waals surface area contributed by atoms with Crippen molar-refractivity contribution in [2.24, 2.45) is 0 Å². The number of carbonyl (C=O) groups excluding carboxylic acids is 5. The quantitative estimate of drug-likeness (QED) is 0.0961. The van der Waals surface area contributed by atoms with Crippen LogP contribution in [0.2, 0.25) is 25.2 Å². The highest BCUT2D eigenvalue weighted by molar-refractivity contribution is 6.77. The number of H-pyrrole nitrogens is 1. The normalized spacial score (nSPS) is 22.7. The van der Waals surface area contributed by atoms with Gasteiger partial charge in [0.1, 0.15) is 29.6 Å². The first-order chi connectivity index (χ1) is 35.0. The molecule has 4 N–H and O–H groups in total. The molecule has 5 aliphatic rings. The summed E-state index contributed by atoms with van der Waals surface area (Å²) in [5.41, 5.74) is 4.80. The average Bonchev–Trinajstić information content (AvgIpc) is 4.23. The molecule has 0 aliphatic carbocycles. The third-order valence-electron chi connectivity index (χ3n) is 15.9. The maximum absolute atomic E-state index is 17.8. The number of methoxy groups -OCH3 is 4. The second kappa shape index (κ2) is 20.9. The lowest BCUT2D eigenvalue weighted by Crippen LogP contribution is -2.56. The number of hydrogen-bond donors (Lipinski definition) is 4. The Labute approximate surface area is 424 Å². The van der Waals surface area contributed by atoms with Crippen LogP contribution in [0.3, 0.4) is 0 Å². The Morgan fingerprint density at radius 1 is 0.753 bits per heavy atom. The largest absolute Gasteiger partial charge is 0.453 e. The second-order valence-electron chi connectivity index (χ2n) is 20.8. The van der Waals surface area contributed by atoms with Gasteiger partial charge in [-0.3, -0.25) is 14.4 Å². The molecule has 4 aromatic rings. The molecule has 5 aliphatic heterocycles. The van der Waals surface area contributed by atoms with Crippen molar-refractivity contribution in [1.82, 2.24) is 30.4 Å². The van der Waals surface area contributed by atoms with Gasteiger partial charge in [-0.2, -0.15) is 0 Å². The van der Waals surface area contributed by atoms with E-state index in [4.69, 9.17) is 23.9 Å². The van der Waals surface area contributed by atoms with E-state index in [-0.39, 0.29) is 35.3 Å². The van der Waals surface area contributed by atoms with Crippen molar-refractivity contribution in [3.63, 3.8) is 0 Å². The van der Waals surface area contributed by atoms with Crippen LogP contribution in [0.15, 0.2) is 42.5 Å². The maximum Gasteiger partial charge on any atom is 0.407 e. The average molecular weight is 1030 g/mol. The van der Waals surface area contributed by atoms with Crippen molar-refractivity contribution >= 4 is 66.1 Å². The number of fused-ring (bicyclic) bond motifs is 7. The Hall–Kier alpha value is -6.32. The number of benzene rings is 3. The van der Waals surface area contributed by atoms with E-state index in [0.717, 1.165) is 35.2 Å². The van der Waals surface area contributed by atoms with Gasteiger partial charge in [0, 0.05) is 57.7 Å². The Balaban J connectivity index is 1.03. The lowest BCUT2D eigenvalue weighted by atomic mass is 9.86. The smallest absolute Gasteiger partial charge is 0.407 e. The first-order valence-electron chi connectivity index (χ1n) is 25.3. The monoisotopic (exact) mass is 1030 g/mol. The minimum absolute atomic E-state index is 0.0479. The van der Waals surface area contributed by atoms with Gasteiger partial charge in [0.25, 0.3) is 0 Å². The van der Waals surface area contributed by atoms with Crippen LogP contribution in [0.1, 0.15) is 87.4 Å². The standard InChI is InChI=1S/C52H67F2N9O9Si/c1-28(69-3)44(58-51(67)71-5)49(65)61-19-9-11-39(61)47-56-35-16-13-30(25-36(35)57-47)37-17-18-38-32-15-14-31(55-48(64)40-12-10-20-62(40)50(66)45(29(2)70-4)59-52(68)72-6)26-33(32)42-41(63(37)38)27-34(53)46(43(42)54)60-21-23-73(7,8)24-22-60/h13-16,25-29,37-40,44-45H,9-12,17-24H2,1-8H3,(H,55,64)(H,56,57)(H,58,67)(H,59,68)/t28-,29-,37+,38+,39+,40+,44+,45+/m1/s1. The highest BCUT2D eigenvalue weighted by atomic mass is 28.3. The summed E-state index contributed by atoms with van der Waals surface area (Å²) in [5, 5.41) is 8.19. The summed E-state index contributed by atoms with van der Waals surface area (Å²) in [7, 11) is 3.83. The maximum atomic E-state index is 17.8. The van der Waals surface area contributed by atoms with Crippen LogP contribution in [-0.4, -0.2) is 143 Å². The molecular weight excluding hydrogens is 961 g/mol. The molecule has 0 saturated carbocycles. The van der Waals surface area contributed by atoms with Gasteiger partial charge < -0.3 is 59.5 Å². The van der Waals surface area contributed by atoms with Crippen molar-refractivity contribution < 1.29 is 51.7 Å². The molecule has 21 heteroatoms. The fraction of sp³-hybridized carbons (Fsp3) is 0.538. The molecule has 3 aromatic carbocycles. The van der Waals surface area contributed by atoms with Crippen molar-refractivity contribution in [1.29, 1.82) is 0 Å². The molecule has 5 amide bonds. The molecule has 0 spiro atoms. The van der Waals surface area contributed by atoms with Gasteiger partial charge in [0.2, 0.25) is 17.7 Å². The van der Waals surface area contributed by atoms with E-state index in [2.05, 4.69) is 38.9 Å². The van der Waals surface area contributed by atoms with Crippen LogP contribution < -0.4 is 25.8 Å². The van der Waals surface area contributed by atoms with E-state index in [1.165, 1.54) is 39.4 Å². The van der Waals surface area contributed by atoms with Crippen molar-refractivity contribution in [2.45, 2.75) is 126 Å². The molecule has 8 atom stereocenters. The number of likely N-dealkylation sites (tertiary alicyclic amines) is 2. The molecule has 0 bridgehead atoms. The molecule has 73 heavy (non-hydrogen) atoms. The Bertz CT molecular complexity index is 2790. The summed E-state index contributed by atoms with van der Waals surface area (Å²) in [5.74, 6) is -1.89. The lowest BCUT2D eigenvalue weighted by molar-refractivity contribution is -0.141. The summed E-state index contributed by atoms with van der Waals surface area (Å²) >= 11 is 0. The minimum Gasteiger partial charge on any atom is -0.453 e. The number of amides is 5. The zero-order valence-electron chi connectivity index (χ0n) is 42.8. The third kappa shape index (κ3) is 9.82. The molecule has 0 radical (unpaired) electrons. The van der Waals surface area contributed by atoms with Crippen LogP contribution in [-0.2, 0) is 33.3 Å². The minimum atomic E-state index is -1.51. The number of aromatic amines is 1. The molecule has 18 nitrogen and oxygen atoms in total. The summed E-state index contributed by atoms with van der Waals surface area (Å²) in [6.07, 6.45) is 0.792. The Morgan fingerprint density at radius 2 is 1.38 bits per heavy atom. The van der Waals surface area contributed by atoms with Gasteiger partial charge in [-0.05, 0) is 105 Å². The number of anilines is 3. The predicted molar refractivity (Wildman–Crippen MR) is 273 cm³/mol. The number of ether oxygens (including phenoxy) is 4. The number of nitrogens with zero attached hydrogens (tertiary/aromatic N) is 5. The fourth-order valence-electron chi connectivity index (χ4n) is 11.6. The van der Waals surface area contributed by atoms with Gasteiger partial charge in [0.15, 0.2) is 11.6 Å². The SMILES string of the molecule is COC(=O)N[C@H](C(=O)N1CCC[C@H]1C(=O)Nc1ccc2c(c1)-c1c(cc(F)c(N3CC[Si](C)(C)CC3)c1F)N1[C@H](c3ccc4nc([C@@H]5CCCN5C(=O)[C@@H](NC(=O)OC)[C@@H](C)OC)[nH]c4c3)CC[C@@H]21)[C@@H](C)OC. The van der Waals surface area contributed by atoms with Gasteiger partial charge >= 0.3 is 12.2 Å². The molecule has 9 rings (SSSR count). The number of halogens is 2. The van der Waals surface area contributed by atoms with E-state index < -0.39 is 74.0 Å². The van der Waals surface area contributed by atoms with Crippen LogP contribution in [0.5, 0.6) is 0 Å². The first kappa shape index (κ1) is 51.6. The predicted octanol–water partition coefficient (Wildman–Crippen LogP) is 7.54. The number of carbonyl (C=O) groups is 5. The number of imidazole rings is 1. The van der Waals surface area contributed by atoms with E-state index in [9.17, 15) is 24.0 Å². The topological polar surface area (TPSA) is 200 Å². The van der Waals surface area contributed by atoms with Gasteiger partial charge in [-0.25, -0.2) is 23.4 Å². The zero-order valence-corrected chi connectivity index (χ0v) is 43.8. The fourth-order valence-corrected chi connectivity index (χ4v) is 13.6. The summed E-state index contributed by atoms with van der Waals surface area (Å²) in [4.78, 5) is 82.2. The highest BCUT2D eigenvalue weighted by Crippen LogP contribution is 2.57.